The van der Waals surface area contributed by atoms with Gasteiger partial charge >= 0.3 is 0 Å². The van der Waals surface area contributed by atoms with Gasteiger partial charge in [-0.3, -0.25) is 19.7 Å². The number of nitro groups is 1. The number of benzene rings is 2. The smallest absolute Gasteiger partial charge is 0.273 e. The third-order valence-electron chi connectivity index (χ3n) is 6.38. The lowest BCUT2D eigenvalue weighted by Gasteiger charge is -2.30. The van der Waals surface area contributed by atoms with Gasteiger partial charge in [0.15, 0.2) is 0 Å². The van der Waals surface area contributed by atoms with E-state index in [1.165, 1.54) is 12.5 Å². The Kier molecular flexibility index (Phi) is 7.42. The van der Waals surface area contributed by atoms with Crippen LogP contribution in [-0.2, 0) is 4.74 Å². The molecule has 0 bridgehead atoms. The van der Waals surface area contributed by atoms with Crippen LogP contribution in [0.3, 0.4) is 0 Å². The van der Waals surface area contributed by atoms with Gasteiger partial charge < -0.3 is 20.3 Å². The minimum atomic E-state index is -0.504. The Morgan fingerprint density at radius 2 is 1.88 bits per heavy atom. The van der Waals surface area contributed by atoms with Crippen LogP contribution in [0.25, 0.3) is 0 Å². The van der Waals surface area contributed by atoms with Crippen LogP contribution in [0, 0.1) is 17.0 Å². The van der Waals surface area contributed by atoms with Crippen molar-refractivity contribution in [2.45, 2.75) is 45.1 Å². The Labute approximate surface area is 198 Å². The van der Waals surface area contributed by atoms with Gasteiger partial charge in [-0.1, -0.05) is 6.07 Å². The number of nitrogens with one attached hydrogen (secondary N) is 2. The third-order valence-corrected chi connectivity index (χ3v) is 6.38. The van der Waals surface area contributed by atoms with E-state index < -0.39 is 10.8 Å². The molecule has 34 heavy (non-hydrogen) atoms. The largest absolute Gasteiger partial charge is 0.376 e. The van der Waals surface area contributed by atoms with Crippen molar-refractivity contribution >= 4 is 28.9 Å². The van der Waals surface area contributed by atoms with Crippen LogP contribution in [0.1, 0.15) is 58.4 Å². The van der Waals surface area contributed by atoms with Gasteiger partial charge in [-0.2, -0.15) is 0 Å². The molecule has 9 nitrogen and oxygen atoms in total. The van der Waals surface area contributed by atoms with Crippen molar-refractivity contribution < 1.29 is 19.2 Å². The second kappa shape index (κ2) is 10.6. The fraction of sp³-hybridized carbons (Fsp3) is 0.440. The SMILES string of the molecule is Cc1ccc(C(=O)Nc2ccc(N3CCCCC3)c(C(=O)NCC3CCCO3)c2)cc1[N+](=O)[O-]. The molecule has 2 saturated heterocycles. The summed E-state index contributed by atoms with van der Waals surface area (Å²) in [5, 5.41) is 17.0. The first-order valence-electron chi connectivity index (χ1n) is 11.8. The van der Waals surface area contributed by atoms with E-state index in [2.05, 4.69) is 15.5 Å². The quantitative estimate of drug-likeness (QED) is 0.470. The average molecular weight is 467 g/mol. The monoisotopic (exact) mass is 466 g/mol. The highest BCUT2D eigenvalue weighted by Crippen LogP contribution is 2.28. The zero-order chi connectivity index (χ0) is 24.1. The molecule has 4 rings (SSSR count). The molecule has 0 spiro atoms. The highest BCUT2D eigenvalue weighted by atomic mass is 16.6. The Hall–Kier alpha value is -3.46. The number of hydrogen-bond donors (Lipinski definition) is 2. The minimum absolute atomic E-state index is 0.0302. The molecule has 2 aliphatic heterocycles. The predicted molar refractivity (Wildman–Crippen MR) is 130 cm³/mol. The maximum atomic E-state index is 13.1. The van der Waals surface area contributed by atoms with E-state index in [1.807, 2.05) is 6.07 Å². The molecule has 0 saturated carbocycles. The summed E-state index contributed by atoms with van der Waals surface area (Å²) in [7, 11) is 0. The fourth-order valence-electron chi connectivity index (χ4n) is 4.46. The van der Waals surface area contributed by atoms with E-state index in [9.17, 15) is 19.7 Å². The molecule has 2 aromatic carbocycles. The summed E-state index contributed by atoms with van der Waals surface area (Å²) in [4.78, 5) is 38.9. The number of amides is 2. The Morgan fingerprint density at radius 1 is 1.09 bits per heavy atom. The van der Waals surface area contributed by atoms with Gasteiger partial charge in [-0.15, -0.1) is 0 Å². The third kappa shape index (κ3) is 5.53. The summed E-state index contributed by atoms with van der Waals surface area (Å²) in [5.41, 5.74) is 2.35. The van der Waals surface area contributed by atoms with Crippen molar-refractivity contribution in [3.63, 3.8) is 0 Å². The molecular weight excluding hydrogens is 436 g/mol. The topological polar surface area (TPSA) is 114 Å². The number of piperidine rings is 1. The van der Waals surface area contributed by atoms with Gasteiger partial charge in [0.25, 0.3) is 17.5 Å². The summed E-state index contributed by atoms with van der Waals surface area (Å²) < 4.78 is 5.62. The molecule has 180 valence electrons. The van der Waals surface area contributed by atoms with Crippen molar-refractivity contribution in [2.75, 3.05) is 36.5 Å². The van der Waals surface area contributed by atoms with Crippen molar-refractivity contribution in [2.24, 2.45) is 0 Å². The van der Waals surface area contributed by atoms with Gasteiger partial charge in [-0.05, 0) is 63.3 Å². The first kappa shape index (κ1) is 23.7. The molecule has 2 aliphatic rings. The Bertz CT molecular complexity index is 1070. The number of nitrogens with zero attached hydrogens (tertiary/aromatic N) is 2. The number of carbonyl (C=O) groups is 2. The first-order valence-corrected chi connectivity index (χ1v) is 11.8. The van der Waals surface area contributed by atoms with Gasteiger partial charge in [-0.25, -0.2) is 0 Å². The second-order valence-electron chi connectivity index (χ2n) is 8.84. The first-order chi connectivity index (χ1) is 16.4. The van der Waals surface area contributed by atoms with E-state index in [0.29, 0.717) is 23.4 Å². The zero-order valence-electron chi connectivity index (χ0n) is 19.3. The van der Waals surface area contributed by atoms with Crippen LogP contribution < -0.4 is 15.5 Å². The van der Waals surface area contributed by atoms with Crippen molar-refractivity contribution in [3.05, 3.63) is 63.2 Å². The number of rotatable bonds is 7. The lowest BCUT2D eigenvalue weighted by Crippen LogP contribution is -2.35. The average Bonchev–Trinajstić information content (AvgIpc) is 3.37. The van der Waals surface area contributed by atoms with Crippen LogP contribution in [0.15, 0.2) is 36.4 Å². The molecule has 2 fully saturated rings. The van der Waals surface area contributed by atoms with Crippen LogP contribution in [-0.4, -0.2) is 49.1 Å². The highest BCUT2D eigenvalue weighted by Gasteiger charge is 2.22. The molecule has 9 heteroatoms. The summed E-state index contributed by atoms with van der Waals surface area (Å²) in [5.74, 6) is -0.683. The van der Waals surface area contributed by atoms with E-state index >= 15 is 0 Å². The number of nitro benzene ring substituents is 1. The van der Waals surface area contributed by atoms with E-state index in [0.717, 1.165) is 51.1 Å². The lowest BCUT2D eigenvalue weighted by atomic mass is 10.0. The molecule has 2 amide bonds. The molecule has 1 unspecified atom stereocenters. The number of aryl methyl sites for hydroxylation is 1. The van der Waals surface area contributed by atoms with Crippen LogP contribution in [0.2, 0.25) is 0 Å². The molecule has 2 aromatic rings. The van der Waals surface area contributed by atoms with Crippen LogP contribution in [0.4, 0.5) is 17.1 Å². The lowest BCUT2D eigenvalue weighted by molar-refractivity contribution is -0.385. The number of hydrogen-bond acceptors (Lipinski definition) is 6. The Morgan fingerprint density at radius 3 is 2.59 bits per heavy atom. The molecule has 1 atom stereocenters. The maximum Gasteiger partial charge on any atom is 0.273 e. The van der Waals surface area contributed by atoms with Gasteiger partial charge in [0.2, 0.25) is 0 Å². The van der Waals surface area contributed by atoms with E-state index in [4.69, 9.17) is 4.74 Å². The standard InChI is InChI=1S/C25H30N4O5/c1-17-7-8-18(14-23(17)29(32)33)24(30)27-19-9-10-22(28-11-3-2-4-12-28)21(15-19)25(31)26-16-20-6-5-13-34-20/h7-10,14-15,20H,2-6,11-13,16H2,1H3,(H,26,31)(H,27,30). The zero-order valence-corrected chi connectivity index (χ0v) is 19.3. The fourth-order valence-corrected chi connectivity index (χ4v) is 4.46. The number of anilines is 2. The number of carbonyl (C=O) groups excluding carboxylic acids is 2. The molecule has 2 heterocycles. The number of ether oxygens (including phenoxy) is 1. The Balaban J connectivity index is 1.56. The summed E-state index contributed by atoms with van der Waals surface area (Å²) in [6.07, 6.45) is 5.27. The van der Waals surface area contributed by atoms with E-state index in [1.54, 1.807) is 31.2 Å². The molecular formula is C25H30N4O5. The predicted octanol–water partition coefficient (Wildman–Crippen LogP) is 4.05. The normalized spacial score (nSPS) is 17.9. The van der Waals surface area contributed by atoms with Crippen molar-refractivity contribution in [3.8, 4) is 0 Å². The summed E-state index contributed by atoms with van der Waals surface area (Å²) >= 11 is 0. The summed E-state index contributed by atoms with van der Waals surface area (Å²) in [6.45, 7) is 4.55. The highest BCUT2D eigenvalue weighted by molar-refractivity contribution is 6.06. The van der Waals surface area contributed by atoms with Crippen molar-refractivity contribution in [1.82, 2.24) is 5.32 Å². The minimum Gasteiger partial charge on any atom is -0.376 e. The van der Waals surface area contributed by atoms with Crippen LogP contribution in [0.5, 0.6) is 0 Å². The van der Waals surface area contributed by atoms with Gasteiger partial charge in [0, 0.05) is 54.8 Å². The molecule has 0 aliphatic carbocycles. The van der Waals surface area contributed by atoms with E-state index in [-0.39, 0.29) is 23.3 Å². The van der Waals surface area contributed by atoms with Gasteiger partial charge in [0.05, 0.1) is 16.6 Å². The van der Waals surface area contributed by atoms with Crippen LogP contribution >= 0.6 is 0 Å². The second-order valence-corrected chi connectivity index (χ2v) is 8.84. The maximum absolute atomic E-state index is 13.1. The summed E-state index contributed by atoms with van der Waals surface area (Å²) in [6, 6.07) is 9.67. The van der Waals surface area contributed by atoms with Gasteiger partial charge in [0.1, 0.15) is 0 Å². The molecule has 2 N–H and O–H groups in total. The molecule has 0 aromatic heterocycles. The molecule has 0 radical (unpaired) electrons. The van der Waals surface area contributed by atoms with Crippen molar-refractivity contribution in [1.29, 1.82) is 0 Å².